The van der Waals surface area contributed by atoms with Crippen LogP contribution >= 0.6 is 0 Å². The third kappa shape index (κ3) is 12.1. The molecule has 0 aliphatic carbocycles. The molecular weight excluding hydrogens is 454 g/mol. The zero-order valence-electron chi connectivity index (χ0n) is 19.4. The summed E-state index contributed by atoms with van der Waals surface area (Å²) in [5, 5.41) is 34.6. The average Bonchev–Trinajstić information content (AvgIpc) is 2.71. The second-order valence-electron chi connectivity index (χ2n) is 8.36. The Hall–Kier alpha value is -3.26. The number of hydrogen-bond donors (Lipinski definition) is 8. The molecule has 0 spiro atoms. The van der Waals surface area contributed by atoms with Crippen molar-refractivity contribution < 1.29 is 44.1 Å². The number of aliphatic hydroxyl groups is 1. The largest absolute Gasteiger partial charge is 0.481 e. The van der Waals surface area contributed by atoms with Gasteiger partial charge in [-0.05, 0) is 32.1 Å². The summed E-state index contributed by atoms with van der Waals surface area (Å²) in [7, 11) is 0. The normalized spacial score (nSPS) is 15.4. The fraction of sp³-hybridized carbons (Fsp3) is 0.700. The molecule has 0 saturated heterocycles. The maximum atomic E-state index is 12.9. The van der Waals surface area contributed by atoms with Gasteiger partial charge in [0.05, 0.1) is 6.10 Å². The predicted octanol–water partition coefficient (Wildman–Crippen LogP) is -2.59. The molecule has 0 rings (SSSR count). The standard InChI is InChI=1S/C20H35N5O9/c1-9(2)8-13(25-19(32)16(22)10(3)26)18(31)23-11(5-7-15(28)29)17(30)24-12(20(33)34)4-6-14(21)27/h9-13,16,26H,4-8,22H2,1-3H3,(H2,21,27)(H,23,31)(H,24,30)(H,25,32)(H,28,29)(H,33,34)/t10-,11+,12+,13+,16+/m1/s1. The molecule has 0 unspecified atom stereocenters. The summed E-state index contributed by atoms with van der Waals surface area (Å²) in [4.78, 5) is 71.1. The number of nitrogens with one attached hydrogen (secondary N) is 3. The lowest BCUT2D eigenvalue weighted by Gasteiger charge is -2.26. The summed E-state index contributed by atoms with van der Waals surface area (Å²) < 4.78 is 0. The molecular formula is C20H35N5O9. The molecule has 14 nitrogen and oxygen atoms in total. The number of hydrogen-bond acceptors (Lipinski definition) is 8. The summed E-state index contributed by atoms with van der Waals surface area (Å²) in [6, 6.07) is -5.42. The molecule has 0 aromatic rings. The molecule has 0 saturated carbocycles. The number of primary amides is 1. The number of aliphatic hydroxyl groups excluding tert-OH is 1. The maximum absolute atomic E-state index is 12.9. The zero-order valence-corrected chi connectivity index (χ0v) is 19.4. The molecule has 0 heterocycles. The van der Waals surface area contributed by atoms with Gasteiger partial charge in [0.25, 0.3) is 0 Å². The van der Waals surface area contributed by atoms with Gasteiger partial charge >= 0.3 is 11.9 Å². The smallest absolute Gasteiger partial charge is 0.326 e. The number of carbonyl (C=O) groups is 6. The second-order valence-corrected chi connectivity index (χ2v) is 8.36. The molecule has 0 bridgehead atoms. The Morgan fingerprint density at radius 2 is 1.24 bits per heavy atom. The number of carboxylic acids is 2. The molecule has 0 aromatic heterocycles. The summed E-state index contributed by atoms with van der Waals surface area (Å²) in [6.45, 7) is 4.84. The minimum Gasteiger partial charge on any atom is -0.481 e. The van der Waals surface area contributed by atoms with Crippen molar-refractivity contribution in [3.8, 4) is 0 Å². The van der Waals surface area contributed by atoms with E-state index in [1.54, 1.807) is 13.8 Å². The highest BCUT2D eigenvalue weighted by Gasteiger charge is 2.31. The lowest BCUT2D eigenvalue weighted by Crippen LogP contribution is -2.58. The van der Waals surface area contributed by atoms with Crippen molar-refractivity contribution in [2.45, 2.75) is 83.1 Å². The first-order valence-electron chi connectivity index (χ1n) is 10.7. The van der Waals surface area contributed by atoms with Crippen LogP contribution in [0.3, 0.4) is 0 Å². The van der Waals surface area contributed by atoms with Crippen LogP contribution in [0.15, 0.2) is 0 Å². The fourth-order valence-corrected chi connectivity index (χ4v) is 2.82. The van der Waals surface area contributed by atoms with Crippen molar-refractivity contribution in [2.24, 2.45) is 17.4 Å². The van der Waals surface area contributed by atoms with Gasteiger partial charge in [0.1, 0.15) is 24.2 Å². The second kappa shape index (κ2) is 14.8. The van der Waals surface area contributed by atoms with Crippen LogP contribution in [-0.2, 0) is 28.8 Å². The number of aliphatic carboxylic acids is 2. The van der Waals surface area contributed by atoms with Crippen molar-refractivity contribution in [2.75, 3.05) is 0 Å². The number of carboxylic acid groups (broad SMARTS) is 2. The van der Waals surface area contributed by atoms with Gasteiger partial charge in [-0.2, -0.15) is 0 Å². The summed E-state index contributed by atoms with van der Waals surface area (Å²) in [5.74, 6) is -6.19. The highest BCUT2D eigenvalue weighted by Crippen LogP contribution is 2.08. The van der Waals surface area contributed by atoms with Crippen LogP contribution in [0.1, 0.15) is 52.9 Å². The summed E-state index contributed by atoms with van der Waals surface area (Å²) in [6.07, 6.45) is -2.58. The van der Waals surface area contributed by atoms with E-state index in [-0.39, 0.29) is 31.6 Å². The lowest BCUT2D eigenvalue weighted by molar-refractivity contribution is -0.143. The van der Waals surface area contributed by atoms with E-state index in [4.69, 9.17) is 16.6 Å². The molecule has 0 aromatic carbocycles. The van der Waals surface area contributed by atoms with Crippen molar-refractivity contribution in [1.29, 1.82) is 0 Å². The van der Waals surface area contributed by atoms with Crippen LogP contribution in [0.25, 0.3) is 0 Å². The van der Waals surface area contributed by atoms with Crippen molar-refractivity contribution >= 4 is 35.6 Å². The van der Waals surface area contributed by atoms with Gasteiger partial charge in [-0.15, -0.1) is 0 Å². The quantitative estimate of drug-likeness (QED) is 0.112. The van der Waals surface area contributed by atoms with E-state index >= 15 is 0 Å². The van der Waals surface area contributed by atoms with Gasteiger partial charge < -0.3 is 42.7 Å². The molecule has 5 atom stereocenters. The number of amides is 4. The van der Waals surface area contributed by atoms with Crippen molar-refractivity contribution in [3.05, 3.63) is 0 Å². The predicted molar refractivity (Wildman–Crippen MR) is 118 cm³/mol. The highest BCUT2D eigenvalue weighted by molar-refractivity contribution is 5.94. The van der Waals surface area contributed by atoms with E-state index in [2.05, 4.69) is 16.0 Å². The molecule has 4 amide bonds. The third-order valence-electron chi connectivity index (χ3n) is 4.74. The van der Waals surface area contributed by atoms with Gasteiger partial charge in [0, 0.05) is 12.8 Å². The maximum Gasteiger partial charge on any atom is 0.326 e. The minimum atomic E-state index is -1.50. The molecule has 0 fully saturated rings. The van der Waals surface area contributed by atoms with Gasteiger partial charge in [-0.3, -0.25) is 24.0 Å². The van der Waals surface area contributed by atoms with Crippen LogP contribution < -0.4 is 27.4 Å². The Bertz CT molecular complexity index is 757. The van der Waals surface area contributed by atoms with Crippen LogP contribution in [0, 0.1) is 5.92 Å². The van der Waals surface area contributed by atoms with Gasteiger partial charge in [-0.25, -0.2) is 4.79 Å². The van der Waals surface area contributed by atoms with E-state index in [0.29, 0.717) is 0 Å². The monoisotopic (exact) mass is 489 g/mol. The van der Waals surface area contributed by atoms with E-state index in [1.807, 2.05) is 0 Å². The highest BCUT2D eigenvalue weighted by atomic mass is 16.4. The first-order chi connectivity index (χ1) is 15.6. The average molecular weight is 490 g/mol. The molecule has 0 aliphatic heterocycles. The van der Waals surface area contributed by atoms with Gasteiger partial charge in [0.15, 0.2) is 0 Å². The first-order valence-corrected chi connectivity index (χ1v) is 10.7. The van der Waals surface area contributed by atoms with Crippen LogP contribution in [0.5, 0.6) is 0 Å². The molecule has 10 N–H and O–H groups in total. The fourth-order valence-electron chi connectivity index (χ4n) is 2.82. The Balaban J connectivity index is 5.59. The SMILES string of the molecule is CC(C)C[C@H](NC(=O)[C@@H](N)[C@@H](C)O)C(=O)N[C@@H](CCC(=O)O)C(=O)N[C@@H](CCC(N)=O)C(=O)O. The molecule has 0 radical (unpaired) electrons. The first kappa shape index (κ1) is 30.7. The zero-order chi connectivity index (χ0) is 26.6. The minimum absolute atomic E-state index is 0.0877. The summed E-state index contributed by atoms with van der Waals surface area (Å²) >= 11 is 0. The molecule has 0 aliphatic rings. The Labute approximate surface area is 196 Å². The molecule has 34 heavy (non-hydrogen) atoms. The van der Waals surface area contributed by atoms with Gasteiger partial charge in [0.2, 0.25) is 23.6 Å². The van der Waals surface area contributed by atoms with E-state index < -0.39 is 72.3 Å². The topological polar surface area (TPSA) is 251 Å². The number of rotatable bonds is 16. The van der Waals surface area contributed by atoms with Crippen LogP contribution in [-0.4, -0.2) is 81.2 Å². The Morgan fingerprint density at radius 3 is 1.68 bits per heavy atom. The van der Waals surface area contributed by atoms with E-state index in [1.165, 1.54) is 6.92 Å². The van der Waals surface area contributed by atoms with E-state index in [9.17, 15) is 39.0 Å². The van der Waals surface area contributed by atoms with E-state index in [0.717, 1.165) is 0 Å². The third-order valence-corrected chi connectivity index (χ3v) is 4.74. The van der Waals surface area contributed by atoms with Crippen LogP contribution in [0.4, 0.5) is 0 Å². The molecule has 194 valence electrons. The molecule has 14 heteroatoms. The number of carbonyl (C=O) groups excluding carboxylic acids is 4. The number of nitrogens with two attached hydrogens (primary N) is 2. The summed E-state index contributed by atoms with van der Waals surface area (Å²) in [5.41, 5.74) is 10.6. The lowest BCUT2D eigenvalue weighted by atomic mass is 10.0. The van der Waals surface area contributed by atoms with Crippen LogP contribution in [0.2, 0.25) is 0 Å². The van der Waals surface area contributed by atoms with Gasteiger partial charge in [-0.1, -0.05) is 13.8 Å². The Morgan fingerprint density at radius 1 is 0.765 bits per heavy atom. The van der Waals surface area contributed by atoms with Crippen molar-refractivity contribution in [3.63, 3.8) is 0 Å². The van der Waals surface area contributed by atoms with Crippen molar-refractivity contribution in [1.82, 2.24) is 16.0 Å². The Kier molecular flexibility index (Phi) is 13.4.